The maximum atomic E-state index is 12.5. The van der Waals surface area contributed by atoms with Crippen LogP contribution in [0.15, 0.2) is 54.6 Å². The Bertz CT molecular complexity index is 848. The van der Waals surface area contributed by atoms with Crippen LogP contribution in [0.2, 0.25) is 0 Å². The first-order chi connectivity index (χ1) is 12.5. The number of carbonyl (C=O) groups is 1. The summed E-state index contributed by atoms with van der Waals surface area (Å²) in [6.07, 6.45) is 0.535. The molecule has 1 unspecified atom stereocenters. The molecule has 138 valence electrons. The fourth-order valence-corrected chi connectivity index (χ4v) is 5.08. The second kappa shape index (κ2) is 7.91. The third kappa shape index (κ3) is 4.43. The van der Waals surface area contributed by atoms with Gasteiger partial charge in [-0.15, -0.1) is 0 Å². The molecular weight excluding hydrogens is 348 g/mol. The summed E-state index contributed by atoms with van der Waals surface area (Å²) in [5.41, 5.74) is 3.14. The van der Waals surface area contributed by atoms with E-state index in [1.54, 1.807) is 4.90 Å². The topological polar surface area (TPSA) is 66.5 Å². The Labute approximate surface area is 154 Å². The van der Waals surface area contributed by atoms with Crippen molar-refractivity contribution in [3.8, 4) is 11.1 Å². The summed E-state index contributed by atoms with van der Waals surface area (Å²) in [4.78, 5) is 14.2. The van der Waals surface area contributed by atoms with Gasteiger partial charge in [-0.1, -0.05) is 42.5 Å². The number of hydrogen-bond acceptors (Lipinski definition) is 4. The molecule has 0 aromatic heterocycles. The van der Waals surface area contributed by atoms with Crippen molar-refractivity contribution in [3.63, 3.8) is 0 Å². The molecule has 0 saturated carbocycles. The second-order valence-electron chi connectivity index (χ2n) is 6.53. The number of rotatable bonds is 6. The highest BCUT2D eigenvalue weighted by Crippen LogP contribution is 2.21. The van der Waals surface area contributed by atoms with Gasteiger partial charge >= 0.3 is 0 Å². The van der Waals surface area contributed by atoms with Crippen LogP contribution in [0.3, 0.4) is 0 Å². The highest BCUT2D eigenvalue weighted by molar-refractivity contribution is 7.91. The summed E-state index contributed by atoms with van der Waals surface area (Å²) in [5.74, 6) is 0.190. The lowest BCUT2D eigenvalue weighted by Crippen LogP contribution is -2.43. The molecule has 2 aromatic rings. The van der Waals surface area contributed by atoms with Gasteiger partial charge in [0.1, 0.15) is 0 Å². The Morgan fingerprint density at radius 2 is 1.73 bits per heavy atom. The van der Waals surface area contributed by atoms with Crippen molar-refractivity contribution in [2.45, 2.75) is 19.4 Å². The molecule has 3 rings (SSSR count). The summed E-state index contributed by atoms with van der Waals surface area (Å²) < 4.78 is 23.3. The number of amides is 1. The first kappa shape index (κ1) is 18.5. The van der Waals surface area contributed by atoms with E-state index in [0.717, 1.165) is 16.8 Å². The molecule has 0 bridgehead atoms. The standard InChI is InChI=1S/C20H24N2O3S/c1-2-22(19-12-13-26(24,25)15-19)20(23)14-21-18-10-8-17(9-11-18)16-6-4-3-5-7-16/h3-11,19,21H,2,12-15H2,1H3. The van der Waals surface area contributed by atoms with Crippen molar-refractivity contribution in [1.29, 1.82) is 0 Å². The third-order valence-electron chi connectivity index (χ3n) is 4.75. The molecule has 1 saturated heterocycles. The molecule has 1 N–H and O–H groups in total. The fraction of sp³-hybridized carbons (Fsp3) is 0.350. The van der Waals surface area contributed by atoms with Gasteiger partial charge in [0.2, 0.25) is 5.91 Å². The zero-order valence-electron chi connectivity index (χ0n) is 14.9. The minimum absolute atomic E-state index is 0.0678. The molecule has 0 radical (unpaired) electrons. The number of likely N-dealkylation sites (N-methyl/N-ethyl adjacent to an activating group) is 1. The SMILES string of the molecule is CCN(C(=O)CNc1ccc(-c2ccccc2)cc1)C1CCS(=O)(=O)C1. The van der Waals surface area contributed by atoms with Crippen LogP contribution in [0.1, 0.15) is 13.3 Å². The van der Waals surface area contributed by atoms with Gasteiger partial charge < -0.3 is 10.2 Å². The summed E-state index contributed by atoms with van der Waals surface area (Å²) in [5, 5.41) is 3.14. The molecule has 6 heteroatoms. The van der Waals surface area contributed by atoms with Crippen LogP contribution in [0.5, 0.6) is 0 Å². The molecule has 26 heavy (non-hydrogen) atoms. The minimum atomic E-state index is -3.00. The molecule has 0 spiro atoms. The van der Waals surface area contributed by atoms with Gasteiger partial charge in [-0.2, -0.15) is 0 Å². The third-order valence-corrected chi connectivity index (χ3v) is 6.50. The summed E-state index contributed by atoms with van der Waals surface area (Å²) in [7, 11) is -3.00. The van der Waals surface area contributed by atoms with Gasteiger partial charge in [-0.05, 0) is 36.6 Å². The molecule has 5 nitrogen and oxygen atoms in total. The van der Waals surface area contributed by atoms with E-state index in [0.29, 0.717) is 13.0 Å². The van der Waals surface area contributed by atoms with Crippen LogP contribution >= 0.6 is 0 Å². The summed E-state index contributed by atoms with van der Waals surface area (Å²) in [6.45, 7) is 2.57. The van der Waals surface area contributed by atoms with E-state index in [4.69, 9.17) is 0 Å². The van der Waals surface area contributed by atoms with Gasteiger partial charge in [0.15, 0.2) is 9.84 Å². The molecule has 1 heterocycles. The van der Waals surface area contributed by atoms with Crippen LogP contribution < -0.4 is 5.32 Å². The van der Waals surface area contributed by atoms with Crippen molar-refractivity contribution in [2.24, 2.45) is 0 Å². The normalized spacial score (nSPS) is 18.4. The highest BCUT2D eigenvalue weighted by atomic mass is 32.2. The van der Waals surface area contributed by atoms with Crippen molar-refractivity contribution in [1.82, 2.24) is 4.90 Å². The average Bonchev–Trinajstić information content (AvgIpc) is 3.01. The Balaban J connectivity index is 1.58. The molecule has 1 fully saturated rings. The van der Waals surface area contributed by atoms with E-state index in [9.17, 15) is 13.2 Å². The maximum Gasteiger partial charge on any atom is 0.242 e. The van der Waals surface area contributed by atoms with Crippen LogP contribution in [0, 0.1) is 0 Å². The predicted octanol–water partition coefficient (Wildman–Crippen LogP) is 2.80. The van der Waals surface area contributed by atoms with Crippen LogP contribution in [-0.4, -0.2) is 49.9 Å². The van der Waals surface area contributed by atoms with Crippen molar-refractivity contribution < 1.29 is 13.2 Å². The van der Waals surface area contributed by atoms with Gasteiger partial charge in [0, 0.05) is 18.3 Å². The monoisotopic (exact) mass is 372 g/mol. The van der Waals surface area contributed by atoms with E-state index in [2.05, 4.69) is 17.4 Å². The van der Waals surface area contributed by atoms with E-state index in [1.807, 2.05) is 49.4 Å². The largest absolute Gasteiger partial charge is 0.376 e. The highest BCUT2D eigenvalue weighted by Gasteiger charge is 2.33. The molecular formula is C20H24N2O3S. The predicted molar refractivity (Wildman–Crippen MR) is 105 cm³/mol. The van der Waals surface area contributed by atoms with E-state index in [-0.39, 0.29) is 30.0 Å². The molecule has 0 aliphatic carbocycles. The van der Waals surface area contributed by atoms with E-state index < -0.39 is 9.84 Å². The number of benzene rings is 2. The quantitative estimate of drug-likeness (QED) is 0.847. The number of nitrogens with zero attached hydrogens (tertiary/aromatic N) is 1. The van der Waals surface area contributed by atoms with Crippen LogP contribution in [0.4, 0.5) is 5.69 Å². The van der Waals surface area contributed by atoms with Gasteiger partial charge in [-0.3, -0.25) is 4.79 Å². The zero-order valence-corrected chi connectivity index (χ0v) is 15.7. The van der Waals surface area contributed by atoms with Gasteiger partial charge in [0.05, 0.1) is 18.1 Å². The van der Waals surface area contributed by atoms with Gasteiger partial charge in [-0.25, -0.2) is 8.42 Å². The number of hydrogen-bond donors (Lipinski definition) is 1. The Kier molecular flexibility index (Phi) is 5.61. The average molecular weight is 372 g/mol. The Morgan fingerprint density at radius 1 is 1.08 bits per heavy atom. The number of carbonyl (C=O) groups excluding carboxylic acids is 1. The van der Waals surface area contributed by atoms with E-state index in [1.165, 1.54) is 0 Å². The number of sulfone groups is 1. The first-order valence-corrected chi connectivity index (χ1v) is 10.7. The molecule has 1 atom stereocenters. The Hall–Kier alpha value is -2.34. The fourth-order valence-electron chi connectivity index (χ4n) is 3.35. The number of nitrogens with one attached hydrogen (secondary N) is 1. The number of anilines is 1. The molecule has 1 aliphatic heterocycles. The van der Waals surface area contributed by atoms with E-state index >= 15 is 0 Å². The van der Waals surface area contributed by atoms with Crippen molar-refractivity contribution in [2.75, 3.05) is 29.9 Å². The lowest BCUT2D eigenvalue weighted by Gasteiger charge is -2.27. The van der Waals surface area contributed by atoms with Crippen molar-refractivity contribution in [3.05, 3.63) is 54.6 Å². The molecule has 1 aliphatic rings. The minimum Gasteiger partial charge on any atom is -0.376 e. The summed E-state index contributed by atoms with van der Waals surface area (Å²) in [6, 6.07) is 17.8. The lowest BCUT2D eigenvalue weighted by atomic mass is 10.1. The van der Waals surface area contributed by atoms with Crippen LogP contribution in [-0.2, 0) is 14.6 Å². The molecule has 1 amide bonds. The summed E-state index contributed by atoms with van der Waals surface area (Å²) >= 11 is 0. The molecule has 2 aromatic carbocycles. The van der Waals surface area contributed by atoms with Gasteiger partial charge in [0.25, 0.3) is 0 Å². The zero-order chi connectivity index (χ0) is 18.6. The maximum absolute atomic E-state index is 12.5. The lowest BCUT2D eigenvalue weighted by molar-refractivity contribution is -0.130. The van der Waals surface area contributed by atoms with Crippen LogP contribution in [0.25, 0.3) is 11.1 Å². The second-order valence-corrected chi connectivity index (χ2v) is 8.76. The first-order valence-electron chi connectivity index (χ1n) is 8.88. The Morgan fingerprint density at radius 3 is 2.31 bits per heavy atom. The van der Waals surface area contributed by atoms with Crippen molar-refractivity contribution >= 4 is 21.4 Å². The smallest absolute Gasteiger partial charge is 0.242 e.